The standard InChI is InChI=1S/C16H13FINO2/c1-21-11-4-2-10(3-5-11)8-19-9-12-13(17)6-7-14(18)15(12)16(19)20/h2-7H,8-9H2,1H3. The summed E-state index contributed by atoms with van der Waals surface area (Å²) in [6, 6.07) is 10.6. The number of ether oxygens (including phenoxy) is 1. The van der Waals surface area contributed by atoms with Crippen molar-refractivity contribution in [1.82, 2.24) is 4.90 Å². The van der Waals surface area contributed by atoms with Crippen molar-refractivity contribution in [1.29, 1.82) is 0 Å². The van der Waals surface area contributed by atoms with E-state index in [-0.39, 0.29) is 11.7 Å². The van der Waals surface area contributed by atoms with Crippen molar-refractivity contribution in [2.24, 2.45) is 0 Å². The summed E-state index contributed by atoms with van der Waals surface area (Å²) in [5.41, 5.74) is 2.00. The molecular weight excluding hydrogens is 384 g/mol. The second-order valence-electron chi connectivity index (χ2n) is 4.89. The van der Waals surface area contributed by atoms with Crippen LogP contribution in [0.25, 0.3) is 0 Å². The lowest BCUT2D eigenvalue weighted by molar-refractivity contribution is 0.0765. The van der Waals surface area contributed by atoms with E-state index in [0.29, 0.717) is 24.2 Å². The predicted octanol–water partition coefficient (Wildman–Crippen LogP) is 3.59. The van der Waals surface area contributed by atoms with Gasteiger partial charge >= 0.3 is 0 Å². The Labute approximate surface area is 135 Å². The third kappa shape index (κ3) is 2.62. The predicted molar refractivity (Wildman–Crippen MR) is 85.7 cm³/mol. The van der Waals surface area contributed by atoms with Crippen molar-refractivity contribution in [2.75, 3.05) is 7.11 Å². The lowest BCUT2D eigenvalue weighted by atomic mass is 10.1. The van der Waals surface area contributed by atoms with E-state index in [1.165, 1.54) is 6.07 Å². The molecule has 0 fully saturated rings. The molecule has 0 aromatic heterocycles. The highest BCUT2D eigenvalue weighted by atomic mass is 127. The molecule has 0 radical (unpaired) electrons. The zero-order valence-corrected chi connectivity index (χ0v) is 13.6. The highest BCUT2D eigenvalue weighted by molar-refractivity contribution is 14.1. The minimum absolute atomic E-state index is 0.107. The molecule has 1 aliphatic rings. The first-order valence-electron chi connectivity index (χ1n) is 6.49. The number of carbonyl (C=O) groups excluding carboxylic acids is 1. The molecule has 0 atom stereocenters. The Hall–Kier alpha value is -1.63. The summed E-state index contributed by atoms with van der Waals surface area (Å²) >= 11 is 2.08. The van der Waals surface area contributed by atoms with Crippen LogP contribution in [0, 0.1) is 9.39 Å². The second-order valence-corrected chi connectivity index (χ2v) is 6.05. The molecule has 0 aliphatic carbocycles. The third-order valence-electron chi connectivity index (χ3n) is 3.59. The molecule has 1 heterocycles. The Kier molecular flexibility index (Phi) is 3.84. The lowest BCUT2D eigenvalue weighted by Crippen LogP contribution is -2.23. The van der Waals surface area contributed by atoms with Crippen LogP contribution in [0.5, 0.6) is 5.75 Å². The smallest absolute Gasteiger partial charge is 0.255 e. The Morgan fingerprint density at radius 3 is 2.57 bits per heavy atom. The van der Waals surface area contributed by atoms with Crippen LogP contribution >= 0.6 is 22.6 Å². The van der Waals surface area contributed by atoms with Gasteiger partial charge in [-0.2, -0.15) is 0 Å². The van der Waals surface area contributed by atoms with E-state index in [0.717, 1.165) is 14.9 Å². The fourth-order valence-electron chi connectivity index (χ4n) is 2.48. The van der Waals surface area contributed by atoms with Crippen molar-refractivity contribution >= 4 is 28.5 Å². The molecule has 0 spiro atoms. The largest absolute Gasteiger partial charge is 0.497 e. The van der Waals surface area contributed by atoms with Crippen molar-refractivity contribution < 1.29 is 13.9 Å². The van der Waals surface area contributed by atoms with Gasteiger partial charge in [0.2, 0.25) is 0 Å². The van der Waals surface area contributed by atoms with Crippen molar-refractivity contribution in [2.45, 2.75) is 13.1 Å². The van der Waals surface area contributed by atoms with E-state index in [9.17, 15) is 9.18 Å². The zero-order valence-electron chi connectivity index (χ0n) is 11.4. The lowest BCUT2D eigenvalue weighted by Gasteiger charge is -2.15. The van der Waals surface area contributed by atoms with Gasteiger partial charge in [0, 0.05) is 15.7 Å². The number of nitrogens with zero attached hydrogens (tertiary/aromatic N) is 1. The molecule has 0 saturated heterocycles. The molecule has 1 aliphatic heterocycles. The Balaban J connectivity index is 1.84. The Morgan fingerprint density at radius 2 is 1.95 bits per heavy atom. The number of fused-ring (bicyclic) bond motifs is 1. The van der Waals surface area contributed by atoms with Gasteiger partial charge in [0.05, 0.1) is 19.2 Å². The fourth-order valence-corrected chi connectivity index (χ4v) is 3.22. The molecular formula is C16H13FINO2. The second kappa shape index (κ2) is 5.63. The average Bonchev–Trinajstić information content (AvgIpc) is 2.82. The molecule has 0 saturated carbocycles. The van der Waals surface area contributed by atoms with E-state index in [2.05, 4.69) is 22.6 Å². The summed E-state index contributed by atoms with van der Waals surface area (Å²) in [6.07, 6.45) is 0. The molecule has 5 heteroatoms. The van der Waals surface area contributed by atoms with E-state index < -0.39 is 0 Å². The van der Waals surface area contributed by atoms with Gasteiger partial charge in [0.25, 0.3) is 5.91 Å². The summed E-state index contributed by atoms with van der Waals surface area (Å²) in [5, 5.41) is 0. The molecule has 21 heavy (non-hydrogen) atoms. The van der Waals surface area contributed by atoms with Crippen LogP contribution in [0.2, 0.25) is 0 Å². The van der Waals surface area contributed by atoms with Crippen LogP contribution in [0.4, 0.5) is 4.39 Å². The molecule has 108 valence electrons. The van der Waals surface area contributed by atoms with E-state index in [1.807, 2.05) is 24.3 Å². The summed E-state index contributed by atoms with van der Waals surface area (Å²) in [7, 11) is 1.61. The summed E-state index contributed by atoms with van der Waals surface area (Å²) in [4.78, 5) is 14.1. The zero-order chi connectivity index (χ0) is 15.0. The highest BCUT2D eigenvalue weighted by Gasteiger charge is 2.31. The quantitative estimate of drug-likeness (QED) is 0.741. The van der Waals surface area contributed by atoms with Gasteiger partial charge < -0.3 is 9.64 Å². The normalized spacial score (nSPS) is 13.5. The SMILES string of the molecule is COc1ccc(CN2Cc3c(F)ccc(I)c3C2=O)cc1. The van der Waals surface area contributed by atoms with Gasteiger partial charge in [-0.3, -0.25) is 4.79 Å². The molecule has 2 aromatic carbocycles. The minimum Gasteiger partial charge on any atom is -0.497 e. The number of methoxy groups -OCH3 is 1. The molecule has 3 rings (SSSR count). The van der Waals surface area contributed by atoms with Gasteiger partial charge in [0.15, 0.2) is 0 Å². The van der Waals surface area contributed by atoms with Gasteiger partial charge in [0.1, 0.15) is 11.6 Å². The highest BCUT2D eigenvalue weighted by Crippen LogP contribution is 2.30. The van der Waals surface area contributed by atoms with Crippen LogP contribution in [0.1, 0.15) is 21.5 Å². The average molecular weight is 397 g/mol. The van der Waals surface area contributed by atoms with Crippen LogP contribution < -0.4 is 4.74 Å². The molecule has 0 unspecified atom stereocenters. The van der Waals surface area contributed by atoms with Crippen LogP contribution in [-0.2, 0) is 13.1 Å². The van der Waals surface area contributed by atoms with Crippen LogP contribution in [0.3, 0.4) is 0 Å². The first-order valence-corrected chi connectivity index (χ1v) is 7.57. The van der Waals surface area contributed by atoms with E-state index >= 15 is 0 Å². The van der Waals surface area contributed by atoms with Crippen LogP contribution in [0.15, 0.2) is 36.4 Å². The summed E-state index contributed by atoms with van der Waals surface area (Å²) in [6.45, 7) is 0.788. The van der Waals surface area contributed by atoms with Gasteiger partial charge in [-0.1, -0.05) is 12.1 Å². The third-order valence-corrected chi connectivity index (χ3v) is 4.49. The Bertz CT molecular complexity index is 700. The first-order chi connectivity index (χ1) is 10.1. The number of benzene rings is 2. The van der Waals surface area contributed by atoms with Gasteiger partial charge in [-0.05, 0) is 52.4 Å². The van der Waals surface area contributed by atoms with Gasteiger partial charge in [-0.15, -0.1) is 0 Å². The molecule has 0 N–H and O–H groups in total. The Morgan fingerprint density at radius 1 is 1.24 bits per heavy atom. The summed E-state index contributed by atoms with van der Waals surface area (Å²) < 4.78 is 19.8. The maximum absolute atomic E-state index is 13.9. The fraction of sp³-hybridized carbons (Fsp3) is 0.188. The first kappa shape index (κ1) is 14.3. The topological polar surface area (TPSA) is 29.5 Å². The van der Waals surface area contributed by atoms with Crippen LogP contribution in [-0.4, -0.2) is 17.9 Å². The number of hydrogen-bond donors (Lipinski definition) is 0. The number of halogens is 2. The number of hydrogen-bond acceptors (Lipinski definition) is 2. The van der Waals surface area contributed by atoms with Crippen molar-refractivity contribution in [3.05, 3.63) is 62.5 Å². The number of carbonyl (C=O) groups is 1. The molecule has 1 amide bonds. The molecule has 0 bridgehead atoms. The van der Waals surface area contributed by atoms with Gasteiger partial charge in [-0.25, -0.2) is 4.39 Å². The summed E-state index contributed by atoms with van der Waals surface area (Å²) in [5.74, 6) is 0.357. The maximum atomic E-state index is 13.9. The molecule has 3 nitrogen and oxygen atoms in total. The van der Waals surface area contributed by atoms with E-state index in [4.69, 9.17) is 4.74 Å². The van der Waals surface area contributed by atoms with Crippen molar-refractivity contribution in [3.8, 4) is 5.75 Å². The number of rotatable bonds is 3. The molecule has 2 aromatic rings. The van der Waals surface area contributed by atoms with Crippen molar-refractivity contribution in [3.63, 3.8) is 0 Å². The monoisotopic (exact) mass is 397 g/mol. The van der Waals surface area contributed by atoms with E-state index in [1.54, 1.807) is 18.1 Å². The minimum atomic E-state index is -0.309. The number of amides is 1. The maximum Gasteiger partial charge on any atom is 0.255 e.